The molecule has 2 rings (SSSR count). The molecule has 0 aromatic carbocycles. The second-order valence-corrected chi connectivity index (χ2v) is 5.92. The summed E-state index contributed by atoms with van der Waals surface area (Å²) in [6.07, 6.45) is 7.00. The summed E-state index contributed by atoms with van der Waals surface area (Å²) < 4.78 is 0. The molecular weight excluding hydrogens is 196 g/mol. The lowest BCUT2D eigenvalue weighted by Crippen LogP contribution is -2.47. The molecule has 1 heterocycles. The first-order chi connectivity index (χ1) is 7.79. The summed E-state index contributed by atoms with van der Waals surface area (Å²) >= 11 is 0. The standard InChI is InChI=1S/C14H28N2/c1-3-8-16(14-9-12(2)10-14)11-13-4-6-15-7-5-13/h12-15H,3-11H2,1-2H3. The SMILES string of the molecule is CCCN(CC1CCNCC1)C1CC(C)C1. The van der Waals surface area contributed by atoms with Gasteiger partial charge >= 0.3 is 0 Å². The van der Waals surface area contributed by atoms with Crippen LogP contribution in [0, 0.1) is 11.8 Å². The van der Waals surface area contributed by atoms with Crippen molar-refractivity contribution in [2.24, 2.45) is 11.8 Å². The second kappa shape index (κ2) is 6.02. The third kappa shape index (κ3) is 3.21. The summed E-state index contributed by atoms with van der Waals surface area (Å²) in [5, 5.41) is 3.47. The Balaban J connectivity index is 1.77. The van der Waals surface area contributed by atoms with E-state index in [2.05, 4.69) is 24.1 Å². The van der Waals surface area contributed by atoms with Crippen molar-refractivity contribution >= 4 is 0 Å². The molecule has 1 saturated carbocycles. The predicted octanol–water partition coefficient (Wildman–Crippen LogP) is 2.50. The fourth-order valence-corrected chi connectivity index (χ4v) is 3.26. The van der Waals surface area contributed by atoms with Gasteiger partial charge in [-0.1, -0.05) is 13.8 Å². The molecule has 0 amide bonds. The van der Waals surface area contributed by atoms with Gasteiger partial charge in [-0.15, -0.1) is 0 Å². The maximum atomic E-state index is 3.47. The molecular formula is C14H28N2. The van der Waals surface area contributed by atoms with Crippen LogP contribution in [0.1, 0.15) is 46.0 Å². The lowest BCUT2D eigenvalue weighted by Gasteiger charge is -2.43. The zero-order valence-corrected chi connectivity index (χ0v) is 11.0. The van der Waals surface area contributed by atoms with Gasteiger partial charge in [-0.05, 0) is 63.6 Å². The van der Waals surface area contributed by atoms with E-state index in [4.69, 9.17) is 0 Å². The molecule has 0 spiro atoms. The predicted molar refractivity (Wildman–Crippen MR) is 69.6 cm³/mol. The van der Waals surface area contributed by atoms with Crippen LogP contribution in [0.15, 0.2) is 0 Å². The molecule has 0 bridgehead atoms. The normalized spacial score (nSPS) is 31.7. The van der Waals surface area contributed by atoms with Crippen molar-refractivity contribution in [3.05, 3.63) is 0 Å². The smallest absolute Gasteiger partial charge is 0.0100 e. The van der Waals surface area contributed by atoms with E-state index in [-0.39, 0.29) is 0 Å². The molecule has 2 heteroatoms. The molecule has 16 heavy (non-hydrogen) atoms. The molecule has 0 atom stereocenters. The first-order valence-corrected chi connectivity index (χ1v) is 7.24. The van der Waals surface area contributed by atoms with Crippen molar-refractivity contribution in [2.75, 3.05) is 26.2 Å². The zero-order valence-electron chi connectivity index (χ0n) is 11.0. The van der Waals surface area contributed by atoms with Gasteiger partial charge in [0.2, 0.25) is 0 Å². The van der Waals surface area contributed by atoms with Crippen molar-refractivity contribution in [3.63, 3.8) is 0 Å². The molecule has 0 radical (unpaired) electrons. The van der Waals surface area contributed by atoms with E-state index < -0.39 is 0 Å². The first kappa shape index (κ1) is 12.4. The largest absolute Gasteiger partial charge is 0.317 e. The average molecular weight is 224 g/mol. The Hall–Kier alpha value is -0.0800. The van der Waals surface area contributed by atoms with E-state index in [1.165, 1.54) is 58.3 Å². The summed E-state index contributed by atoms with van der Waals surface area (Å²) in [5.41, 5.74) is 0. The molecule has 0 aromatic heterocycles. The summed E-state index contributed by atoms with van der Waals surface area (Å²) in [5.74, 6) is 1.95. The fourth-order valence-electron chi connectivity index (χ4n) is 3.26. The van der Waals surface area contributed by atoms with Gasteiger partial charge < -0.3 is 10.2 Å². The van der Waals surface area contributed by atoms with E-state index in [1.54, 1.807) is 0 Å². The Morgan fingerprint density at radius 3 is 2.44 bits per heavy atom. The van der Waals surface area contributed by atoms with E-state index in [9.17, 15) is 0 Å². The fraction of sp³-hybridized carbons (Fsp3) is 1.00. The topological polar surface area (TPSA) is 15.3 Å². The molecule has 2 fully saturated rings. The van der Waals surface area contributed by atoms with Gasteiger partial charge in [0, 0.05) is 12.6 Å². The highest BCUT2D eigenvalue weighted by Crippen LogP contribution is 2.32. The highest BCUT2D eigenvalue weighted by molar-refractivity contribution is 4.86. The molecule has 94 valence electrons. The highest BCUT2D eigenvalue weighted by Gasteiger charge is 2.31. The van der Waals surface area contributed by atoms with Crippen LogP contribution in [-0.2, 0) is 0 Å². The molecule has 2 nitrogen and oxygen atoms in total. The van der Waals surface area contributed by atoms with Crippen molar-refractivity contribution in [3.8, 4) is 0 Å². The van der Waals surface area contributed by atoms with Gasteiger partial charge in [-0.25, -0.2) is 0 Å². The van der Waals surface area contributed by atoms with E-state index in [1.807, 2.05) is 0 Å². The van der Waals surface area contributed by atoms with Gasteiger partial charge in [0.05, 0.1) is 0 Å². The second-order valence-electron chi connectivity index (χ2n) is 5.92. The third-order valence-corrected chi connectivity index (χ3v) is 4.33. The van der Waals surface area contributed by atoms with Gasteiger partial charge in [-0.3, -0.25) is 0 Å². The van der Waals surface area contributed by atoms with Crippen molar-refractivity contribution in [2.45, 2.75) is 52.0 Å². The molecule has 1 N–H and O–H groups in total. The maximum absolute atomic E-state index is 3.47. The van der Waals surface area contributed by atoms with E-state index >= 15 is 0 Å². The van der Waals surface area contributed by atoms with Crippen molar-refractivity contribution in [1.29, 1.82) is 0 Å². The Kier molecular flexibility index (Phi) is 4.66. The lowest BCUT2D eigenvalue weighted by molar-refractivity contribution is 0.0660. The molecule has 2 aliphatic rings. The number of nitrogens with zero attached hydrogens (tertiary/aromatic N) is 1. The van der Waals surface area contributed by atoms with Crippen LogP contribution in [0.5, 0.6) is 0 Å². The Bertz CT molecular complexity index is 191. The molecule has 1 saturated heterocycles. The Morgan fingerprint density at radius 2 is 1.88 bits per heavy atom. The first-order valence-electron chi connectivity index (χ1n) is 7.24. The molecule has 0 aromatic rings. The number of rotatable bonds is 5. The van der Waals surface area contributed by atoms with Gasteiger partial charge in [0.15, 0.2) is 0 Å². The lowest BCUT2D eigenvalue weighted by atomic mass is 9.80. The van der Waals surface area contributed by atoms with E-state index in [0.29, 0.717) is 0 Å². The zero-order chi connectivity index (χ0) is 11.4. The summed E-state index contributed by atoms with van der Waals surface area (Å²) in [6, 6.07) is 0.921. The van der Waals surface area contributed by atoms with Gasteiger partial charge in [0.1, 0.15) is 0 Å². The van der Waals surface area contributed by atoms with Gasteiger partial charge in [-0.2, -0.15) is 0 Å². The third-order valence-electron chi connectivity index (χ3n) is 4.33. The van der Waals surface area contributed by atoms with Crippen molar-refractivity contribution in [1.82, 2.24) is 10.2 Å². The van der Waals surface area contributed by atoms with Crippen LogP contribution >= 0.6 is 0 Å². The van der Waals surface area contributed by atoms with Crippen molar-refractivity contribution < 1.29 is 0 Å². The Labute approximate surface area is 101 Å². The van der Waals surface area contributed by atoms with Crippen LogP contribution in [0.3, 0.4) is 0 Å². The minimum absolute atomic E-state index is 0.921. The highest BCUT2D eigenvalue weighted by atomic mass is 15.2. The molecule has 0 unspecified atom stereocenters. The molecule has 1 aliphatic heterocycles. The van der Waals surface area contributed by atoms with Crippen LogP contribution in [-0.4, -0.2) is 37.1 Å². The summed E-state index contributed by atoms with van der Waals surface area (Å²) in [4.78, 5) is 2.79. The van der Waals surface area contributed by atoms with Crippen LogP contribution in [0.4, 0.5) is 0 Å². The number of nitrogens with one attached hydrogen (secondary N) is 1. The van der Waals surface area contributed by atoms with Crippen LogP contribution in [0.2, 0.25) is 0 Å². The number of hydrogen-bond donors (Lipinski definition) is 1. The quantitative estimate of drug-likeness (QED) is 0.772. The molecule has 1 aliphatic carbocycles. The minimum atomic E-state index is 0.921. The Morgan fingerprint density at radius 1 is 1.19 bits per heavy atom. The summed E-state index contributed by atoms with van der Waals surface area (Å²) in [7, 11) is 0. The number of hydrogen-bond acceptors (Lipinski definition) is 2. The number of piperidine rings is 1. The minimum Gasteiger partial charge on any atom is -0.317 e. The monoisotopic (exact) mass is 224 g/mol. The van der Waals surface area contributed by atoms with Crippen LogP contribution in [0.25, 0.3) is 0 Å². The summed E-state index contributed by atoms with van der Waals surface area (Å²) in [6.45, 7) is 9.88. The van der Waals surface area contributed by atoms with Crippen LogP contribution < -0.4 is 5.32 Å². The van der Waals surface area contributed by atoms with Gasteiger partial charge in [0.25, 0.3) is 0 Å². The average Bonchev–Trinajstić information content (AvgIpc) is 2.26. The van der Waals surface area contributed by atoms with E-state index in [0.717, 1.165) is 17.9 Å². The maximum Gasteiger partial charge on any atom is 0.0100 e.